The van der Waals surface area contributed by atoms with Crippen LogP contribution in [0.5, 0.6) is 11.5 Å². The second-order valence-corrected chi connectivity index (χ2v) is 19.4. The fourth-order valence-corrected chi connectivity index (χ4v) is 11.6. The van der Waals surface area contributed by atoms with Gasteiger partial charge in [-0.15, -0.1) is 0 Å². The molecule has 0 aromatic heterocycles. The lowest BCUT2D eigenvalue weighted by Gasteiger charge is -2.46. The summed E-state index contributed by atoms with van der Waals surface area (Å²) in [5, 5.41) is 16.5. The maximum Gasteiger partial charge on any atom is 0.329 e. The number of esters is 1. The van der Waals surface area contributed by atoms with Crippen molar-refractivity contribution in [3.8, 4) is 23.3 Å². The number of methoxy groups -OCH3 is 1. The molecule has 3 saturated heterocycles. The third-order valence-corrected chi connectivity index (χ3v) is 15.1. The van der Waals surface area contributed by atoms with E-state index in [9.17, 15) is 5.11 Å². The number of anilines is 3. The van der Waals surface area contributed by atoms with Crippen LogP contribution in [0.3, 0.4) is 0 Å². The number of cyclic esters (lactones) is 1. The van der Waals surface area contributed by atoms with Crippen molar-refractivity contribution in [1.82, 2.24) is 10.2 Å². The summed E-state index contributed by atoms with van der Waals surface area (Å²) < 4.78 is 24.1. The normalized spacial score (nSPS) is 22.0. The number of imide groups is 1. The largest absolute Gasteiger partial charge is 0.497 e. The van der Waals surface area contributed by atoms with Gasteiger partial charge in [0.15, 0.2) is 0 Å². The van der Waals surface area contributed by atoms with Crippen LogP contribution in [0.25, 0.3) is 0 Å². The van der Waals surface area contributed by atoms with Crippen molar-refractivity contribution in [2.45, 2.75) is 42.6 Å². The summed E-state index contributed by atoms with van der Waals surface area (Å²) >= 11 is 0. The highest BCUT2D eigenvalue weighted by molar-refractivity contribution is 6.25. The van der Waals surface area contributed by atoms with E-state index in [0.29, 0.717) is 71.3 Å². The zero-order chi connectivity index (χ0) is 53.0. The maximum absolute atomic E-state index is 17.0. The Morgan fingerprint density at radius 3 is 2.08 bits per heavy atom. The van der Waals surface area contributed by atoms with Crippen LogP contribution < -0.4 is 29.9 Å². The third kappa shape index (κ3) is 9.43. The van der Waals surface area contributed by atoms with Crippen molar-refractivity contribution in [3.05, 3.63) is 221 Å². The number of carbonyl (C=O) groups is 4. The van der Waals surface area contributed by atoms with Crippen molar-refractivity contribution in [3.63, 3.8) is 0 Å². The van der Waals surface area contributed by atoms with E-state index in [0.717, 1.165) is 21.7 Å². The molecule has 77 heavy (non-hydrogen) atoms. The quantitative estimate of drug-likeness (QED) is 0.0792. The summed E-state index contributed by atoms with van der Waals surface area (Å²) in [5.74, 6) is 3.78. The molecule has 4 aliphatic heterocycles. The minimum atomic E-state index is -2.11. The molecule has 4 amide bonds. The molecule has 0 radical (unpaired) electrons. The van der Waals surface area contributed by atoms with Gasteiger partial charge < -0.3 is 39.6 Å². The van der Waals surface area contributed by atoms with Crippen LogP contribution in [0.15, 0.2) is 182 Å². The van der Waals surface area contributed by atoms with E-state index in [1.165, 1.54) is 0 Å². The first-order valence-corrected chi connectivity index (χ1v) is 25.8. The second kappa shape index (κ2) is 21.8. The minimum absolute atomic E-state index is 0.108. The van der Waals surface area contributed by atoms with E-state index < -0.39 is 65.4 Å². The van der Waals surface area contributed by atoms with Gasteiger partial charge in [0, 0.05) is 41.2 Å². The number of aliphatic hydroxyl groups excluding tert-OH is 1. The fraction of sp³-hybridized carbons (Fsp3) is 0.238. The Morgan fingerprint density at radius 2 is 1.39 bits per heavy atom. The van der Waals surface area contributed by atoms with Gasteiger partial charge in [-0.3, -0.25) is 19.3 Å². The van der Waals surface area contributed by atoms with E-state index in [1.807, 2.05) is 151 Å². The van der Waals surface area contributed by atoms with Crippen LogP contribution >= 0.6 is 0 Å². The molecule has 388 valence electrons. The van der Waals surface area contributed by atoms with Gasteiger partial charge in [0.1, 0.15) is 35.7 Å². The molecule has 0 bridgehead atoms. The van der Waals surface area contributed by atoms with Gasteiger partial charge in [-0.05, 0) is 102 Å². The highest BCUT2D eigenvalue weighted by Crippen LogP contribution is 2.67. The number of rotatable bonds is 12. The third-order valence-electron chi connectivity index (χ3n) is 15.1. The monoisotopic (exact) mass is 1030 g/mol. The van der Waals surface area contributed by atoms with Crippen LogP contribution in [0.1, 0.15) is 70.1 Å². The number of amides is 4. The van der Waals surface area contributed by atoms with E-state index in [2.05, 4.69) is 27.4 Å². The standard InChI is InChI=1S/C63H57N5O9/c1-41(44-14-6-3-7-15-44)64-62(73)67-52-33-26-43(23-22-42-24-31-49(74-2)32-25-42)40-51(52)63(61(67)72)54(59(70)65-47-27-29-48(30-28-47)66-34-37-75-38-35-66)56-60(71)77-57(46-18-10-5-11-19-46)55(45-16-8-4-9-17-45)68(56)58(63)50-20-12-13-21-53(50)76-39-36-69/h3-21,24-33,40-41,54-58,69H,34-39H2,1-2H3,(H,64,73)(H,65,70)/t41-,54-,55-,56-,57+,58+,63-/m1/s1. The molecule has 3 N–H and O–H groups in total. The van der Waals surface area contributed by atoms with Crippen LogP contribution in [-0.2, 0) is 29.3 Å². The first-order valence-electron chi connectivity index (χ1n) is 25.8. The number of nitrogens with one attached hydrogen (secondary N) is 2. The number of fused-ring (bicyclic) bond motifs is 3. The molecule has 11 rings (SSSR count). The number of benzene rings is 7. The number of nitrogens with zero attached hydrogens (tertiary/aromatic N) is 3. The molecule has 14 nitrogen and oxygen atoms in total. The van der Waals surface area contributed by atoms with Gasteiger partial charge in [0.25, 0.3) is 0 Å². The van der Waals surface area contributed by atoms with Crippen LogP contribution in [0.2, 0.25) is 0 Å². The molecule has 7 atom stereocenters. The summed E-state index contributed by atoms with van der Waals surface area (Å²) in [6.45, 7) is 3.98. The zero-order valence-electron chi connectivity index (χ0n) is 42.6. The van der Waals surface area contributed by atoms with Crippen molar-refractivity contribution in [2.24, 2.45) is 5.92 Å². The number of para-hydroxylation sites is 1. The zero-order valence-corrected chi connectivity index (χ0v) is 42.6. The van der Waals surface area contributed by atoms with Crippen molar-refractivity contribution in [1.29, 1.82) is 0 Å². The number of ether oxygens (including phenoxy) is 4. The molecular weight excluding hydrogens is 971 g/mol. The van der Waals surface area contributed by atoms with Gasteiger partial charge in [0.05, 0.1) is 56.7 Å². The summed E-state index contributed by atoms with van der Waals surface area (Å²) in [5.41, 5.74) is 3.58. The predicted molar refractivity (Wildman–Crippen MR) is 291 cm³/mol. The predicted octanol–water partition coefficient (Wildman–Crippen LogP) is 9.08. The molecule has 1 spiro atoms. The van der Waals surface area contributed by atoms with E-state index in [1.54, 1.807) is 49.6 Å². The van der Waals surface area contributed by atoms with Crippen molar-refractivity contribution >= 4 is 40.9 Å². The number of hydrogen-bond acceptors (Lipinski definition) is 11. The van der Waals surface area contributed by atoms with Gasteiger partial charge in [-0.1, -0.05) is 121 Å². The lowest BCUT2D eigenvalue weighted by Crippen LogP contribution is -2.55. The SMILES string of the molecule is COc1ccc(C#Cc2ccc3c(c2)[C@]2(C(=O)N3C(=O)N[C@H](C)c3ccccc3)[C@H](c3ccccc3OCCO)N3[C@H](c4ccccc4)[C@H](c4ccccc4)OC(=O)[C@H]3[C@@H]2C(=O)Nc2ccc(N3CCOCC3)cc2)cc1. The fourth-order valence-electron chi connectivity index (χ4n) is 11.6. The molecule has 0 saturated carbocycles. The Labute approximate surface area is 447 Å². The second-order valence-electron chi connectivity index (χ2n) is 19.4. The number of aliphatic hydroxyl groups is 1. The number of urea groups is 1. The molecule has 4 aliphatic rings. The van der Waals surface area contributed by atoms with Crippen LogP contribution in [0.4, 0.5) is 21.9 Å². The minimum Gasteiger partial charge on any atom is -0.497 e. The molecule has 7 aromatic rings. The van der Waals surface area contributed by atoms with Gasteiger partial charge >= 0.3 is 12.0 Å². The molecule has 0 unspecified atom stereocenters. The average Bonchev–Trinajstić information content (AvgIpc) is 4.18. The Balaban J connectivity index is 1.18. The number of morpholine rings is 2. The summed E-state index contributed by atoms with van der Waals surface area (Å²) in [4.78, 5) is 69.7. The maximum atomic E-state index is 17.0. The summed E-state index contributed by atoms with van der Waals surface area (Å²) in [7, 11) is 1.59. The van der Waals surface area contributed by atoms with E-state index >= 15 is 19.2 Å². The topological polar surface area (TPSA) is 159 Å². The molecule has 14 heteroatoms. The summed E-state index contributed by atoms with van der Waals surface area (Å²) in [6, 6.07) is 50.7. The van der Waals surface area contributed by atoms with Gasteiger partial charge in [-0.25, -0.2) is 9.69 Å². The van der Waals surface area contributed by atoms with Gasteiger partial charge in [-0.2, -0.15) is 0 Å². The molecule has 0 aliphatic carbocycles. The van der Waals surface area contributed by atoms with Crippen molar-refractivity contribution in [2.75, 3.05) is 61.7 Å². The highest BCUT2D eigenvalue weighted by atomic mass is 16.6. The first-order chi connectivity index (χ1) is 37.7. The molecular formula is C63H57N5O9. The Bertz CT molecular complexity index is 3350. The van der Waals surface area contributed by atoms with Crippen molar-refractivity contribution < 1.29 is 43.2 Å². The Kier molecular flexibility index (Phi) is 14.3. The molecule has 4 heterocycles. The summed E-state index contributed by atoms with van der Waals surface area (Å²) in [6.07, 6.45) is -0.953. The van der Waals surface area contributed by atoms with E-state index in [-0.39, 0.29) is 18.9 Å². The van der Waals surface area contributed by atoms with Gasteiger partial charge in [0.2, 0.25) is 11.8 Å². The number of carbonyl (C=O) groups excluding carboxylic acids is 4. The first kappa shape index (κ1) is 50.4. The molecule has 7 aromatic carbocycles. The smallest absolute Gasteiger partial charge is 0.329 e. The average molecular weight is 1030 g/mol. The lowest BCUT2D eigenvalue weighted by molar-refractivity contribution is -0.177. The highest BCUT2D eigenvalue weighted by Gasteiger charge is 2.76. The number of hydrogen-bond donors (Lipinski definition) is 3. The van der Waals surface area contributed by atoms with Crippen LogP contribution in [-0.4, -0.2) is 86.5 Å². The molecule has 3 fully saturated rings. The Hall–Kier alpha value is -8.74. The lowest BCUT2D eigenvalue weighted by atomic mass is 9.65. The Morgan fingerprint density at radius 1 is 0.753 bits per heavy atom. The van der Waals surface area contributed by atoms with Crippen LogP contribution in [0, 0.1) is 17.8 Å². The van der Waals surface area contributed by atoms with E-state index in [4.69, 9.17) is 18.9 Å².